The molecule has 5 nitrogen and oxygen atoms in total. The maximum Gasteiger partial charge on any atom is 0.291 e. The lowest BCUT2D eigenvalue weighted by molar-refractivity contribution is 0.0996. The predicted molar refractivity (Wildman–Crippen MR) is 94.7 cm³/mol. The van der Waals surface area contributed by atoms with Crippen LogP contribution in [-0.4, -0.2) is 11.8 Å². The van der Waals surface area contributed by atoms with E-state index in [0.717, 1.165) is 31.2 Å². The van der Waals surface area contributed by atoms with Crippen molar-refractivity contribution in [1.82, 2.24) is 0 Å². The highest BCUT2D eigenvalue weighted by Gasteiger charge is 2.28. The summed E-state index contributed by atoms with van der Waals surface area (Å²) in [6.07, 6.45) is 5.24. The number of rotatable bonds is 5. The van der Waals surface area contributed by atoms with Crippen LogP contribution in [0.25, 0.3) is 0 Å². The Morgan fingerprint density at radius 2 is 2.21 bits per heavy atom. The van der Waals surface area contributed by atoms with Crippen LogP contribution in [0, 0.1) is 12.8 Å². The second-order valence-corrected chi connectivity index (χ2v) is 7.44. The van der Waals surface area contributed by atoms with E-state index in [1.54, 1.807) is 19.1 Å². The molecule has 3 rings (SSSR count). The fraction of sp³-hybridized carbons (Fsp3) is 0.444. The molecule has 0 radical (unpaired) electrons. The van der Waals surface area contributed by atoms with E-state index in [-0.39, 0.29) is 11.7 Å². The summed E-state index contributed by atoms with van der Waals surface area (Å²) in [7, 11) is 0. The van der Waals surface area contributed by atoms with Gasteiger partial charge >= 0.3 is 0 Å². The van der Waals surface area contributed by atoms with Gasteiger partial charge in [-0.25, -0.2) is 0 Å². The van der Waals surface area contributed by atoms with Gasteiger partial charge in [0.2, 0.25) is 0 Å². The van der Waals surface area contributed by atoms with Gasteiger partial charge in [0.05, 0.1) is 5.56 Å². The molecule has 1 aliphatic rings. The smallest absolute Gasteiger partial charge is 0.291 e. The third kappa shape index (κ3) is 3.24. The van der Waals surface area contributed by atoms with Gasteiger partial charge < -0.3 is 15.5 Å². The van der Waals surface area contributed by atoms with Crippen LogP contribution in [0.4, 0.5) is 5.00 Å². The zero-order valence-corrected chi connectivity index (χ0v) is 14.8. The fourth-order valence-corrected chi connectivity index (χ4v) is 4.74. The van der Waals surface area contributed by atoms with Crippen molar-refractivity contribution in [3.8, 4) is 0 Å². The molecule has 1 aliphatic carbocycles. The molecule has 0 unspecified atom stereocenters. The summed E-state index contributed by atoms with van der Waals surface area (Å²) in [5.74, 6) is 0.723. The zero-order chi connectivity index (χ0) is 17.3. The number of thiophene rings is 1. The third-order valence-corrected chi connectivity index (χ3v) is 5.67. The van der Waals surface area contributed by atoms with Crippen LogP contribution >= 0.6 is 11.3 Å². The van der Waals surface area contributed by atoms with Crippen molar-refractivity contribution in [3.63, 3.8) is 0 Å². The average Bonchev–Trinajstić information content (AvgIpc) is 3.10. The standard InChI is InChI=1S/C18H22N2O3S/c1-3-4-11-6-7-12-14(9-11)24-18(15(12)16(19)21)20-17(22)13-8-5-10(2)23-13/h5,8,11H,3-4,6-7,9H2,1-2H3,(H2,19,21)(H,20,22)/t11-/m0/s1. The van der Waals surface area contributed by atoms with E-state index in [2.05, 4.69) is 12.2 Å². The van der Waals surface area contributed by atoms with Crippen LogP contribution in [0.5, 0.6) is 0 Å². The number of hydrogen-bond acceptors (Lipinski definition) is 4. The highest BCUT2D eigenvalue weighted by Crippen LogP contribution is 2.40. The Hall–Kier alpha value is -2.08. The number of furan rings is 1. The molecule has 6 heteroatoms. The van der Waals surface area contributed by atoms with Crippen molar-refractivity contribution in [1.29, 1.82) is 0 Å². The van der Waals surface area contributed by atoms with E-state index in [0.29, 0.717) is 22.2 Å². The molecule has 2 heterocycles. The van der Waals surface area contributed by atoms with Crippen molar-refractivity contribution in [2.24, 2.45) is 11.7 Å². The second kappa shape index (κ2) is 6.81. The largest absolute Gasteiger partial charge is 0.456 e. The van der Waals surface area contributed by atoms with Crippen molar-refractivity contribution in [2.45, 2.75) is 46.0 Å². The molecule has 0 spiro atoms. The molecule has 2 aromatic heterocycles. The first kappa shape index (κ1) is 16.8. The van der Waals surface area contributed by atoms with Gasteiger partial charge in [-0.2, -0.15) is 0 Å². The second-order valence-electron chi connectivity index (χ2n) is 6.33. The SMILES string of the molecule is CCC[C@H]1CCc2c(sc(NC(=O)c3ccc(C)o3)c2C(N)=O)C1. The van der Waals surface area contributed by atoms with Gasteiger partial charge in [-0.1, -0.05) is 19.8 Å². The summed E-state index contributed by atoms with van der Waals surface area (Å²) in [4.78, 5) is 25.4. The highest BCUT2D eigenvalue weighted by molar-refractivity contribution is 7.17. The maximum absolute atomic E-state index is 12.3. The van der Waals surface area contributed by atoms with Crippen LogP contribution in [0.1, 0.15) is 63.3 Å². The fourth-order valence-electron chi connectivity index (χ4n) is 3.38. The third-order valence-electron chi connectivity index (χ3n) is 4.50. The number of nitrogens with two attached hydrogens (primary N) is 1. The quantitative estimate of drug-likeness (QED) is 0.861. The minimum atomic E-state index is -0.479. The van der Waals surface area contributed by atoms with Crippen LogP contribution < -0.4 is 11.1 Å². The van der Waals surface area contributed by atoms with Gasteiger partial charge in [0, 0.05) is 4.88 Å². The Balaban J connectivity index is 1.88. The first-order valence-corrected chi connectivity index (χ1v) is 9.13. The topological polar surface area (TPSA) is 85.3 Å². The van der Waals surface area contributed by atoms with Gasteiger partial charge in [-0.3, -0.25) is 9.59 Å². The van der Waals surface area contributed by atoms with E-state index in [9.17, 15) is 9.59 Å². The summed E-state index contributed by atoms with van der Waals surface area (Å²) in [5.41, 5.74) is 7.08. The summed E-state index contributed by atoms with van der Waals surface area (Å²) in [6, 6.07) is 3.36. The number of carbonyl (C=O) groups excluding carboxylic acids is 2. The normalized spacial score (nSPS) is 16.7. The molecule has 1 atom stereocenters. The molecule has 0 bridgehead atoms. The Kier molecular flexibility index (Phi) is 4.76. The number of anilines is 1. The Morgan fingerprint density at radius 1 is 1.42 bits per heavy atom. The monoisotopic (exact) mass is 346 g/mol. The lowest BCUT2D eigenvalue weighted by Crippen LogP contribution is -2.19. The summed E-state index contributed by atoms with van der Waals surface area (Å²) < 4.78 is 5.35. The molecule has 24 heavy (non-hydrogen) atoms. The van der Waals surface area contributed by atoms with E-state index >= 15 is 0 Å². The molecule has 2 aromatic rings. The van der Waals surface area contributed by atoms with Crippen molar-refractivity contribution < 1.29 is 14.0 Å². The van der Waals surface area contributed by atoms with Crippen LogP contribution in [-0.2, 0) is 12.8 Å². The lowest BCUT2D eigenvalue weighted by atomic mass is 9.84. The number of aryl methyl sites for hydroxylation is 1. The molecule has 0 aliphatic heterocycles. The molecular weight excluding hydrogens is 324 g/mol. The number of fused-ring (bicyclic) bond motifs is 1. The van der Waals surface area contributed by atoms with Gasteiger partial charge in [-0.15, -0.1) is 11.3 Å². The molecule has 2 amide bonds. The van der Waals surface area contributed by atoms with Gasteiger partial charge in [0.25, 0.3) is 11.8 Å². The van der Waals surface area contributed by atoms with Crippen molar-refractivity contribution in [2.75, 3.05) is 5.32 Å². The first-order valence-electron chi connectivity index (χ1n) is 8.31. The van der Waals surface area contributed by atoms with E-state index in [1.165, 1.54) is 22.6 Å². The number of primary amides is 1. The van der Waals surface area contributed by atoms with Crippen LogP contribution in [0.15, 0.2) is 16.5 Å². The van der Waals surface area contributed by atoms with Crippen LogP contribution in [0.2, 0.25) is 0 Å². The van der Waals surface area contributed by atoms with Gasteiger partial charge in [0.1, 0.15) is 10.8 Å². The van der Waals surface area contributed by atoms with Gasteiger partial charge in [0.15, 0.2) is 5.76 Å². The Morgan fingerprint density at radius 3 is 2.83 bits per heavy atom. The molecule has 0 aromatic carbocycles. The predicted octanol–water partition coefficient (Wildman–Crippen LogP) is 3.91. The van der Waals surface area contributed by atoms with E-state index < -0.39 is 5.91 Å². The Labute approximate surface area is 145 Å². The van der Waals surface area contributed by atoms with E-state index in [1.807, 2.05) is 0 Å². The first-order chi connectivity index (χ1) is 11.5. The van der Waals surface area contributed by atoms with E-state index in [4.69, 9.17) is 10.2 Å². The summed E-state index contributed by atoms with van der Waals surface area (Å²) in [5, 5.41) is 3.36. The zero-order valence-electron chi connectivity index (χ0n) is 14.0. The lowest BCUT2D eigenvalue weighted by Gasteiger charge is -2.21. The number of amides is 2. The minimum Gasteiger partial charge on any atom is -0.456 e. The molecule has 128 valence electrons. The van der Waals surface area contributed by atoms with Crippen molar-refractivity contribution in [3.05, 3.63) is 39.7 Å². The summed E-state index contributed by atoms with van der Waals surface area (Å²) >= 11 is 1.48. The molecule has 0 fully saturated rings. The Bertz CT molecular complexity index is 775. The maximum atomic E-state index is 12.3. The molecule has 0 saturated heterocycles. The minimum absolute atomic E-state index is 0.234. The molecule has 3 N–H and O–H groups in total. The van der Waals surface area contributed by atoms with Crippen LogP contribution in [0.3, 0.4) is 0 Å². The number of nitrogens with one attached hydrogen (secondary N) is 1. The van der Waals surface area contributed by atoms with Gasteiger partial charge in [-0.05, 0) is 49.8 Å². The van der Waals surface area contributed by atoms with Crippen molar-refractivity contribution >= 4 is 28.2 Å². The number of carbonyl (C=O) groups is 2. The summed E-state index contributed by atoms with van der Waals surface area (Å²) in [6.45, 7) is 3.97. The average molecular weight is 346 g/mol. The molecule has 0 saturated carbocycles. The number of hydrogen-bond donors (Lipinski definition) is 2. The molecular formula is C18H22N2O3S. The highest BCUT2D eigenvalue weighted by atomic mass is 32.1.